The van der Waals surface area contributed by atoms with Crippen LogP contribution in [-0.2, 0) is 14.1 Å². The van der Waals surface area contributed by atoms with Gasteiger partial charge in [0.25, 0.3) is 5.56 Å². The van der Waals surface area contributed by atoms with Gasteiger partial charge in [-0.1, -0.05) is 18.2 Å². The molecule has 2 heterocycles. The highest BCUT2D eigenvalue weighted by atomic mass is 16.3. The number of carbonyl (C=O) groups excluding carboxylic acids is 1. The number of hydrogen-bond donors (Lipinski definition) is 1. The minimum Gasteiger partial charge on any atom is -0.493 e. The summed E-state index contributed by atoms with van der Waals surface area (Å²) in [7, 11) is 2.78. The molecule has 0 bridgehead atoms. The predicted molar refractivity (Wildman–Crippen MR) is 83.4 cm³/mol. The van der Waals surface area contributed by atoms with Crippen LogP contribution in [0.5, 0.6) is 5.88 Å². The Bertz CT molecular complexity index is 1050. The second kappa shape index (κ2) is 5.61. The van der Waals surface area contributed by atoms with Gasteiger partial charge >= 0.3 is 5.69 Å². The molecule has 24 heavy (non-hydrogen) atoms. The smallest absolute Gasteiger partial charge is 0.351 e. The molecule has 122 valence electrons. The van der Waals surface area contributed by atoms with Gasteiger partial charge in [-0.15, -0.1) is 0 Å². The minimum absolute atomic E-state index is 0.166. The van der Waals surface area contributed by atoms with Gasteiger partial charge in [-0.05, 0) is 12.1 Å². The zero-order chi connectivity index (χ0) is 17.4. The van der Waals surface area contributed by atoms with Gasteiger partial charge in [0.05, 0.1) is 11.9 Å². The van der Waals surface area contributed by atoms with Crippen LogP contribution in [0, 0.1) is 0 Å². The van der Waals surface area contributed by atoms with E-state index in [2.05, 4.69) is 10.2 Å². The van der Waals surface area contributed by atoms with E-state index in [9.17, 15) is 19.5 Å². The number of aryl methyl sites for hydroxylation is 2. The first kappa shape index (κ1) is 15.4. The first-order chi connectivity index (χ1) is 11.4. The van der Waals surface area contributed by atoms with Crippen LogP contribution in [0.2, 0.25) is 0 Å². The summed E-state index contributed by atoms with van der Waals surface area (Å²) in [5.41, 5.74) is -1.88. The quantitative estimate of drug-likeness (QED) is 0.655. The Labute approximate surface area is 135 Å². The summed E-state index contributed by atoms with van der Waals surface area (Å²) in [5.74, 6) is -1.20. The maximum atomic E-state index is 12.6. The topological polar surface area (TPSA) is 112 Å². The summed E-state index contributed by atoms with van der Waals surface area (Å²) < 4.78 is 2.84. The molecule has 3 rings (SSSR count). The van der Waals surface area contributed by atoms with E-state index in [-0.39, 0.29) is 11.4 Å². The number of carbonyl (C=O) groups is 1. The fraction of sp³-hybridized carbons (Fsp3) is 0.133. The van der Waals surface area contributed by atoms with Gasteiger partial charge < -0.3 is 5.11 Å². The minimum atomic E-state index is -0.863. The average Bonchev–Trinajstić information content (AvgIpc) is 2.91. The summed E-state index contributed by atoms with van der Waals surface area (Å²) in [6.07, 6.45) is 1.14. The zero-order valence-corrected chi connectivity index (χ0v) is 12.9. The summed E-state index contributed by atoms with van der Waals surface area (Å²) in [6, 6.07) is 8.20. The van der Waals surface area contributed by atoms with E-state index in [0.717, 1.165) is 20.1 Å². The molecule has 0 aliphatic carbocycles. The molecule has 0 saturated carbocycles. The number of aromatic nitrogens is 5. The van der Waals surface area contributed by atoms with Crippen molar-refractivity contribution in [3.05, 3.63) is 68.6 Å². The zero-order valence-electron chi connectivity index (χ0n) is 12.9. The average molecular weight is 327 g/mol. The van der Waals surface area contributed by atoms with E-state index in [0.29, 0.717) is 5.69 Å². The first-order valence-corrected chi connectivity index (χ1v) is 6.93. The Balaban J connectivity index is 2.26. The lowest BCUT2D eigenvalue weighted by atomic mass is 10.1. The Morgan fingerprint density at radius 3 is 2.33 bits per heavy atom. The molecule has 3 aromatic rings. The van der Waals surface area contributed by atoms with Crippen LogP contribution in [0.3, 0.4) is 0 Å². The lowest BCUT2D eigenvalue weighted by molar-refractivity contribution is 0.102. The maximum absolute atomic E-state index is 12.6. The van der Waals surface area contributed by atoms with Crippen molar-refractivity contribution in [1.29, 1.82) is 0 Å². The summed E-state index contributed by atoms with van der Waals surface area (Å²) in [5, 5.41) is 17.4. The van der Waals surface area contributed by atoms with Crippen molar-refractivity contribution < 1.29 is 9.90 Å². The second-order valence-electron chi connectivity index (χ2n) is 5.07. The van der Waals surface area contributed by atoms with Crippen molar-refractivity contribution in [3.8, 4) is 11.6 Å². The molecule has 9 heteroatoms. The third-order valence-electron chi connectivity index (χ3n) is 3.51. The standard InChI is InChI=1S/C15H13N5O4/c1-18-13(22)10(8-16-18)12(21)11-14(23)20(15(24)19(2)17-11)9-6-4-3-5-7-9/h3-8,22H,1-2H3. The predicted octanol–water partition coefficient (Wildman–Crippen LogP) is -0.399. The molecule has 0 atom stereocenters. The van der Waals surface area contributed by atoms with E-state index in [1.165, 1.54) is 14.1 Å². The fourth-order valence-corrected chi connectivity index (χ4v) is 2.24. The molecule has 0 aliphatic heterocycles. The number of benzene rings is 1. The molecule has 0 saturated heterocycles. The van der Waals surface area contributed by atoms with Gasteiger partial charge in [0.15, 0.2) is 5.69 Å². The van der Waals surface area contributed by atoms with Gasteiger partial charge in [-0.25, -0.2) is 18.7 Å². The summed E-state index contributed by atoms with van der Waals surface area (Å²) >= 11 is 0. The van der Waals surface area contributed by atoms with Crippen molar-refractivity contribution in [2.24, 2.45) is 14.1 Å². The van der Waals surface area contributed by atoms with Crippen molar-refractivity contribution in [2.45, 2.75) is 0 Å². The van der Waals surface area contributed by atoms with Crippen LogP contribution in [0.15, 0.2) is 46.1 Å². The first-order valence-electron chi connectivity index (χ1n) is 6.93. The number of para-hydroxylation sites is 1. The Morgan fingerprint density at radius 1 is 1.08 bits per heavy atom. The number of ketones is 1. The lowest BCUT2D eigenvalue weighted by Gasteiger charge is -2.08. The van der Waals surface area contributed by atoms with Crippen molar-refractivity contribution in [1.82, 2.24) is 24.1 Å². The highest BCUT2D eigenvalue weighted by molar-refractivity contribution is 6.08. The van der Waals surface area contributed by atoms with Crippen LogP contribution in [0.25, 0.3) is 5.69 Å². The SMILES string of the molecule is Cn1ncc(C(=O)c2nn(C)c(=O)n(-c3ccccc3)c2=O)c1O. The van der Waals surface area contributed by atoms with E-state index in [4.69, 9.17) is 0 Å². The third kappa shape index (κ3) is 2.32. The largest absolute Gasteiger partial charge is 0.493 e. The second-order valence-corrected chi connectivity index (χ2v) is 5.07. The molecule has 0 aliphatic rings. The summed E-state index contributed by atoms with van der Waals surface area (Å²) in [4.78, 5) is 37.4. The van der Waals surface area contributed by atoms with Gasteiger partial charge in [-0.3, -0.25) is 9.59 Å². The maximum Gasteiger partial charge on any atom is 0.351 e. The molecule has 0 amide bonds. The molecular weight excluding hydrogens is 314 g/mol. The van der Waals surface area contributed by atoms with Crippen LogP contribution < -0.4 is 11.2 Å². The van der Waals surface area contributed by atoms with E-state index in [1.54, 1.807) is 30.3 Å². The highest BCUT2D eigenvalue weighted by Gasteiger charge is 2.24. The molecule has 1 N–H and O–H groups in total. The van der Waals surface area contributed by atoms with E-state index >= 15 is 0 Å². The van der Waals surface area contributed by atoms with Crippen LogP contribution in [-0.4, -0.2) is 35.0 Å². The monoisotopic (exact) mass is 327 g/mol. The number of nitrogens with zero attached hydrogens (tertiary/aromatic N) is 5. The summed E-state index contributed by atoms with van der Waals surface area (Å²) in [6.45, 7) is 0. The van der Waals surface area contributed by atoms with Gasteiger partial charge in [0.1, 0.15) is 5.56 Å². The number of aromatic hydroxyl groups is 1. The van der Waals surface area contributed by atoms with Crippen LogP contribution in [0.4, 0.5) is 0 Å². The van der Waals surface area contributed by atoms with E-state index < -0.39 is 22.7 Å². The van der Waals surface area contributed by atoms with E-state index in [1.807, 2.05) is 0 Å². The molecule has 0 spiro atoms. The number of hydrogen-bond acceptors (Lipinski definition) is 6. The van der Waals surface area contributed by atoms with Crippen molar-refractivity contribution in [3.63, 3.8) is 0 Å². The van der Waals surface area contributed by atoms with Crippen molar-refractivity contribution >= 4 is 5.78 Å². The van der Waals surface area contributed by atoms with Gasteiger partial charge in [-0.2, -0.15) is 10.2 Å². The van der Waals surface area contributed by atoms with Crippen molar-refractivity contribution in [2.75, 3.05) is 0 Å². The Hall–Kier alpha value is -3.49. The van der Waals surface area contributed by atoms with Gasteiger partial charge in [0.2, 0.25) is 11.7 Å². The molecule has 9 nitrogen and oxygen atoms in total. The highest BCUT2D eigenvalue weighted by Crippen LogP contribution is 2.16. The van der Waals surface area contributed by atoms with Gasteiger partial charge in [0, 0.05) is 14.1 Å². The fourth-order valence-electron chi connectivity index (χ4n) is 2.24. The lowest BCUT2D eigenvalue weighted by Crippen LogP contribution is -2.42. The van der Waals surface area contributed by atoms with Crippen LogP contribution >= 0.6 is 0 Å². The Kier molecular flexibility index (Phi) is 3.60. The molecule has 0 fully saturated rings. The van der Waals surface area contributed by atoms with Crippen LogP contribution in [0.1, 0.15) is 16.1 Å². The third-order valence-corrected chi connectivity index (χ3v) is 3.51. The molecule has 2 aromatic heterocycles. The molecular formula is C15H13N5O4. The normalized spacial score (nSPS) is 10.8. The molecule has 0 radical (unpaired) electrons. The molecule has 1 aromatic carbocycles. The molecule has 0 unspecified atom stereocenters. The number of rotatable bonds is 3. The Morgan fingerprint density at radius 2 is 1.75 bits per heavy atom.